The number of imidazole rings is 1. The third kappa shape index (κ3) is 5.43. The lowest BCUT2D eigenvalue weighted by Gasteiger charge is -2.19. The van der Waals surface area contributed by atoms with Crippen LogP contribution < -0.4 is 10.6 Å². The first-order chi connectivity index (χ1) is 16.1. The van der Waals surface area contributed by atoms with Crippen molar-refractivity contribution in [3.63, 3.8) is 0 Å². The van der Waals surface area contributed by atoms with Crippen molar-refractivity contribution in [2.45, 2.75) is 26.8 Å². The largest absolute Gasteiger partial charge is 0.388 e. The van der Waals surface area contributed by atoms with E-state index in [1.54, 1.807) is 11.3 Å². The molecule has 0 aliphatic heterocycles. The smallest absolute Gasteiger partial charge is 0.140 e. The van der Waals surface area contributed by atoms with Crippen molar-refractivity contribution in [1.82, 2.24) is 14.5 Å². The van der Waals surface area contributed by atoms with Crippen LogP contribution in [0.3, 0.4) is 0 Å². The lowest BCUT2D eigenvalue weighted by Crippen LogP contribution is -2.27. The molecule has 33 heavy (non-hydrogen) atoms. The van der Waals surface area contributed by atoms with E-state index in [0.29, 0.717) is 5.84 Å². The van der Waals surface area contributed by atoms with Gasteiger partial charge < -0.3 is 20.1 Å². The van der Waals surface area contributed by atoms with Crippen LogP contribution in [-0.4, -0.2) is 47.0 Å². The van der Waals surface area contributed by atoms with Crippen LogP contribution in [0.15, 0.2) is 60.0 Å². The first-order valence-electron chi connectivity index (χ1n) is 11.5. The maximum absolute atomic E-state index is 8.34. The molecule has 172 valence electrons. The first-order valence-corrected chi connectivity index (χ1v) is 12.4. The molecule has 0 aliphatic carbocycles. The highest BCUT2D eigenvalue weighted by atomic mass is 32.1. The van der Waals surface area contributed by atoms with Gasteiger partial charge in [-0.2, -0.15) is 0 Å². The number of hydrogen-bond acceptors (Lipinski definition) is 5. The van der Waals surface area contributed by atoms with Crippen LogP contribution >= 0.6 is 11.3 Å². The second kappa shape index (κ2) is 10.6. The Labute approximate surface area is 199 Å². The number of aromatic nitrogens is 2. The monoisotopic (exact) mass is 460 g/mol. The molecule has 4 rings (SSSR count). The fourth-order valence-corrected chi connectivity index (χ4v) is 4.65. The van der Waals surface area contributed by atoms with Crippen LogP contribution in [0.2, 0.25) is 0 Å². The van der Waals surface area contributed by atoms with Crippen molar-refractivity contribution in [3.05, 3.63) is 76.2 Å². The lowest BCUT2D eigenvalue weighted by atomic mass is 10.1. The molecule has 0 saturated heterocycles. The summed E-state index contributed by atoms with van der Waals surface area (Å²) < 4.78 is 2.36. The molecule has 3 N–H and O–H groups in total. The van der Waals surface area contributed by atoms with E-state index in [0.717, 1.165) is 65.7 Å². The molecular weight excluding hydrogens is 428 g/mol. The molecule has 2 aromatic heterocycles. The number of likely N-dealkylation sites (N-methyl/N-ethyl adjacent to an activating group) is 1. The number of fused-ring (bicyclic) bond motifs is 1. The van der Waals surface area contributed by atoms with E-state index in [1.807, 2.05) is 30.6 Å². The van der Waals surface area contributed by atoms with Gasteiger partial charge in [0.1, 0.15) is 11.7 Å². The van der Waals surface area contributed by atoms with Gasteiger partial charge in [0.2, 0.25) is 0 Å². The normalized spacial score (nSPS) is 11.3. The number of rotatable bonds is 10. The van der Waals surface area contributed by atoms with E-state index >= 15 is 0 Å². The van der Waals surface area contributed by atoms with Crippen molar-refractivity contribution in [2.75, 3.05) is 37.3 Å². The predicted octanol–water partition coefficient (Wildman–Crippen LogP) is 5.51. The molecule has 7 heteroatoms. The molecule has 0 spiro atoms. The molecule has 2 aromatic carbocycles. The number of nitrogens with one attached hydrogen (secondary N) is 3. The third-order valence-corrected chi connectivity index (χ3v) is 6.89. The summed E-state index contributed by atoms with van der Waals surface area (Å²) in [7, 11) is 1.94. The Kier molecular flexibility index (Phi) is 7.42. The van der Waals surface area contributed by atoms with Crippen molar-refractivity contribution in [2.24, 2.45) is 0 Å². The molecule has 0 radical (unpaired) electrons. The molecular formula is C26H32N6S. The van der Waals surface area contributed by atoms with E-state index < -0.39 is 0 Å². The Morgan fingerprint density at radius 3 is 2.48 bits per heavy atom. The van der Waals surface area contributed by atoms with Gasteiger partial charge in [0.15, 0.2) is 0 Å². The fraction of sp³-hybridized carbons (Fsp3) is 0.308. The number of thiophene rings is 1. The minimum atomic E-state index is 0.412. The zero-order chi connectivity index (χ0) is 23.2. The average Bonchev–Trinajstić information content (AvgIpc) is 3.49. The number of nitrogens with zero attached hydrogens (tertiary/aromatic N) is 3. The minimum absolute atomic E-state index is 0.412. The molecule has 2 heterocycles. The summed E-state index contributed by atoms with van der Waals surface area (Å²) in [6, 6.07) is 18.7. The van der Waals surface area contributed by atoms with Gasteiger partial charge in [-0.25, -0.2) is 4.98 Å². The van der Waals surface area contributed by atoms with Gasteiger partial charge in [0.25, 0.3) is 0 Å². The molecule has 0 atom stereocenters. The van der Waals surface area contributed by atoms with Crippen LogP contribution in [0.25, 0.3) is 11.0 Å². The number of hydrogen-bond donors (Lipinski definition) is 3. The van der Waals surface area contributed by atoms with Gasteiger partial charge in [0, 0.05) is 37.9 Å². The van der Waals surface area contributed by atoms with E-state index in [2.05, 4.69) is 70.3 Å². The van der Waals surface area contributed by atoms with E-state index in [1.165, 1.54) is 5.56 Å². The topological polar surface area (TPSA) is 69.0 Å². The van der Waals surface area contributed by atoms with Crippen LogP contribution in [0.4, 0.5) is 11.4 Å². The van der Waals surface area contributed by atoms with Gasteiger partial charge >= 0.3 is 0 Å². The fourth-order valence-electron chi connectivity index (χ4n) is 4.02. The summed E-state index contributed by atoms with van der Waals surface area (Å²) in [5.41, 5.74) is 5.33. The maximum atomic E-state index is 8.34. The number of amidine groups is 1. The Bertz CT molecular complexity index is 1190. The van der Waals surface area contributed by atoms with E-state index in [4.69, 9.17) is 10.4 Å². The van der Waals surface area contributed by atoms with E-state index in [9.17, 15) is 0 Å². The predicted molar refractivity (Wildman–Crippen MR) is 141 cm³/mol. The summed E-state index contributed by atoms with van der Waals surface area (Å²) in [4.78, 5) is 8.39. The highest BCUT2D eigenvalue weighted by Gasteiger charge is 2.14. The van der Waals surface area contributed by atoms with Gasteiger partial charge in [-0.3, -0.25) is 5.41 Å². The molecule has 0 amide bonds. The molecule has 0 saturated carbocycles. The van der Waals surface area contributed by atoms with Crippen LogP contribution in [0.1, 0.15) is 30.1 Å². The summed E-state index contributed by atoms with van der Waals surface area (Å²) in [5.74, 6) is 1.48. The van der Waals surface area contributed by atoms with Crippen LogP contribution in [0.5, 0.6) is 0 Å². The second-order valence-electron chi connectivity index (χ2n) is 8.01. The number of benzene rings is 2. The molecule has 6 nitrogen and oxygen atoms in total. The Morgan fingerprint density at radius 2 is 1.82 bits per heavy atom. The summed E-state index contributed by atoms with van der Waals surface area (Å²) >= 11 is 1.56. The molecule has 0 fully saturated rings. The van der Waals surface area contributed by atoms with Gasteiger partial charge in [-0.15, -0.1) is 11.3 Å². The van der Waals surface area contributed by atoms with E-state index in [-0.39, 0.29) is 0 Å². The number of anilines is 2. The standard InChI is InChI=1S/C26H32N6S/c1-4-31(5-2)14-15-32-23-13-12-21(29-26(27)24-7-6-16-33-24)18-22(23)30-25(32)17-19-8-10-20(28-3)11-9-19/h6-13,16,18,28H,4-5,14-15,17H2,1-3H3,(H2,27,29). The molecule has 0 bridgehead atoms. The van der Waals surface area contributed by atoms with Crippen molar-refractivity contribution < 1.29 is 0 Å². The SMILES string of the molecule is CCN(CC)CCn1c(Cc2ccc(NC)cc2)nc2cc(NC(=N)c3cccs3)ccc21. The van der Waals surface area contributed by atoms with Crippen molar-refractivity contribution >= 4 is 39.6 Å². The maximum Gasteiger partial charge on any atom is 0.140 e. The van der Waals surface area contributed by atoms with Gasteiger partial charge in [-0.05, 0) is 60.4 Å². The molecule has 0 aliphatic rings. The van der Waals surface area contributed by atoms with Crippen LogP contribution in [0, 0.1) is 5.41 Å². The third-order valence-electron chi connectivity index (χ3n) is 6.00. The van der Waals surface area contributed by atoms with Crippen molar-refractivity contribution in [3.8, 4) is 0 Å². The minimum Gasteiger partial charge on any atom is -0.388 e. The quantitative estimate of drug-likeness (QED) is 0.216. The Balaban J connectivity index is 1.63. The summed E-state index contributed by atoms with van der Waals surface area (Å²) in [6.45, 7) is 8.40. The zero-order valence-electron chi connectivity index (χ0n) is 19.6. The lowest BCUT2D eigenvalue weighted by molar-refractivity contribution is 0.291. The van der Waals surface area contributed by atoms with Crippen molar-refractivity contribution in [1.29, 1.82) is 5.41 Å². The first kappa shape index (κ1) is 23.0. The highest BCUT2D eigenvalue weighted by Crippen LogP contribution is 2.24. The zero-order valence-corrected chi connectivity index (χ0v) is 20.4. The van der Waals surface area contributed by atoms with Gasteiger partial charge in [0.05, 0.1) is 15.9 Å². The second-order valence-corrected chi connectivity index (χ2v) is 8.96. The highest BCUT2D eigenvalue weighted by molar-refractivity contribution is 7.12. The Morgan fingerprint density at radius 1 is 1.06 bits per heavy atom. The average molecular weight is 461 g/mol. The van der Waals surface area contributed by atoms with Gasteiger partial charge in [-0.1, -0.05) is 32.0 Å². The molecule has 0 unspecified atom stereocenters. The Hall–Kier alpha value is -3.16. The summed E-state index contributed by atoms with van der Waals surface area (Å²) in [6.07, 6.45) is 0.782. The van der Waals surface area contributed by atoms with Crippen LogP contribution in [-0.2, 0) is 13.0 Å². The summed E-state index contributed by atoms with van der Waals surface area (Å²) in [5, 5.41) is 16.7. The molecule has 4 aromatic rings.